The molecule has 54 heavy (non-hydrogen) atoms. The van der Waals surface area contributed by atoms with Gasteiger partial charge in [-0.05, 0) is 65.7 Å². The lowest BCUT2D eigenvalue weighted by Crippen LogP contribution is -2.09. The van der Waals surface area contributed by atoms with Gasteiger partial charge in [-0.1, -0.05) is 117 Å². The second-order valence-corrected chi connectivity index (χ2v) is 14.1. The van der Waals surface area contributed by atoms with Crippen LogP contribution in [0.15, 0.2) is 83.8 Å². The topological polar surface area (TPSA) is 168 Å². The predicted molar refractivity (Wildman–Crippen MR) is 216 cm³/mol. The predicted octanol–water partition coefficient (Wildman–Crippen LogP) is 11.7. The summed E-state index contributed by atoms with van der Waals surface area (Å²) in [4.78, 5) is 41.5. The number of aliphatic carboxylic acids is 4. The lowest BCUT2D eigenvalue weighted by Gasteiger charge is -2.03. The van der Waals surface area contributed by atoms with E-state index in [9.17, 15) is 19.2 Å². The third-order valence-electron chi connectivity index (χ3n) is 5.53. The second-order valence-electron chi connectivity index (χ2n) is 9.83. The molecule has 0 heterocycles. The maximum atomic E-state index is 10.2. The normalized spacial score (nSPS) is 10.1. The molecule has 0 radical (unpaired) electrons. The van der Waals surface area contributed by atoms with Crippen LogP contribution in [0.4, 0.5) is 0 Å². The molecule has 0 amide bonds. The number of halogens is 8. The van der Waals surface area contributed by atoms with E-state index in [1.54, 1.807) is 78.9 Å². The molecule has 0 aliphatic carbocycles. The number of ether oxygens (including phenoxy) is 2. The van der Waals surface area contributed by atoms with Crippen LogP contribution < -0.4 is 4.74 Å². The van der Waals surface area contributed by atoms with Crippen molar-refractivity contribution in [1.29, 1.82) is 0 Å². The first-order chi connectivity index (χ1) is 25.4. The molecule has 0 aliphatic heterocycles. The summed E-state index contributed by atoms with van der Waals surface area (Å²) in [5.74, 6) is -3.33. The van der Waals surface area contributed by atoms with Gasteiger partial charge in [-0.2, -0.15) is 0 Å². The zero-order chi connectivity index (χ0) is 40.8. The van der Waals surface area contributed by atoms with Crippen LogP contribution in [-0.2, 0) is 30.5 Å². The Morgan fingerprint density at radius 3 is 1.57 bits per heavy atom. The third-order valence-corrected chi connectivity index (χ3v) is 9.47. The van der Waals surface area contributed by atoms with Gasteiger partial charge in [0.25, 0.3) is 0 Å². The molecule has 0 atom stereocenters. The van der Waals surface area contributed by atoms with Gasteiger partial charge >= 0.3 is 23.9 Å². The van der Waals surface area contributed by atoms with Gasteiger partial charge in [-0.3, -0.25) is 9.59 Å². The molecule has 0 saturated carbocycles. The molecule has 19 heteroatoms. The summed E-state index contributed by atoms with van der Waals surface area (Å²) in [5, 5.41) is 37.0. The minimum atomic E-state index is -1.04. The minimum Gasteiger partial charge on any atom is -0.482 e. The standard InChI is InChI=1S/C10H8Cl2O2.C9H8Cl2O3.C8H6Cl2O3.C8H6Cl2O2S/c11-8-5-4-7(6-9(8)12)2-1-3-10(13)14;10-7-2-1-6(3-8(7)11)4-14-5-9(12)13;2*9-6-2-1-5(3-7(6)10)13-4-8(11)12/h1-2,4-6H,3H2,(H,13,14);1-3H,4-5H2,(H,12,13);2*1-3H,4H2,(H,11,12)/b2-1+;;;. The van der Waals surface area contributed by atoms with Crippen molar-refractivity contribution >= 4 is 135 Å². The molecular formula is C35H28Cl8O10S. The van der Waals surface area contributed by atoms with Crippen LogP contribution in [0.25, 0.3) is 6.08 Å². The van der Waals surface area contributed by atoms with Crippen molar-refractivity contribution in [3.63, 3.8) is 0 Å². The first-order valence-corrected chi connectivity index (χ1v) is 18.5. The second kappa shape index (κ2) is 26.7. The van der Waals surface area contributed by atoms with E-state index in [1.165, 1.54) is 17.8 Å². The number of rotatable bonds is 13. The maximum absolute atomic E-state index is 10.2. The lowest BCUT2D eigenvalue weighted by molar-refractivity contribution is -0.143. The van der Waals surface area contributed by atoms with Crippen LogP contribution in [0.5, 0.6) is 5.75 Å². The molecule has 290 valence electrons. The van der Waals surface area contributed by atoms with Gasteiger partial charge in [0.15, 0.2) is 6.61 Å². The van der Waals surface area contributed by atoms with Gasteiger partial charge in [0.2, 0.25) is 0 Å². The molecule has 0 saturated heterocycles. The summed E-state index contributed by atoms with van der Waals surface area (Å²) in [7, 11) is 0. The number of hydrogen-bond acceptors (Lipinski definition) is 7. The summed E-state index contributed by atoms with van der Waals surface area (Å²) < 4.78 is 9.74. The number of hydrogen-bond donors (Lipinski definition) is 4. The van der Waals surface area contributed by atoms with Crippen molar-refractivity contribution in [1.82, 2.24) is 0 Å². The number of benzene rings is 4. The molecular weight excluding hydrogens is 896 g/mol. The van der Waals surface area contributed by atoms with Gasteiger partial charge in [0, 0.05) is 11.0 Å². The average Bonchev–Trinajstić information content (AvgIpc) is 3.09. The van der Waals surface area contributed by atoms with E-state index in [4.69, 9.17) is 123 Å². The quantitative estimate of drug-likeness (QED) is 0.0942. The van der Waals surface area contributed by atoms with Crippen molar-refractivity contribution in [2.75, 3.05) is 19.0 Å². The van der Waals surface area contributed by atoms with Gasteiger partial charge in [-0.25, -0.2) is 9.59 Å². The molecule has 0 bridgehead atoms. The molecule has 0 fully saturated rings. The number of carbonyl (C=O) groups is 4. The molecule has 0 aliphatic rings. The minimum absolute atomic E-state index is 0.000244. The lowest BCUT2D eigenvalue weighted by atomic mass is 10.2. The van der Waals surface area contributed by atoms with E-state index in [-0.39, 0.29) is 25.4 Å². The zero-order valence-corrected chi connectivity index (χ0v) is 34.2. The molecule has 4 N–H and O–H groups in total. The Kier molecular flexibility index (Phi) is 24.2. The Balaban J connectivity index is 0.000000360. The van der Waals surface area contributed by atoms with Crippen molar-refractivity contribution in [3.8, 4) is 5.75 Å². The van der Waals surface area contributed by atoms with E-state index < -0.39 is 30.5 Å². The first kappa shape index (κ1) is 48.9. The SMILES string of the molecule is O=C(O)C/C=C/c1ccc(Cl)c(Cl)c1.O=C(O)COCc1ccc(Cl)c(Cl)c1.O=C(O)COc1ccc(Cl)c(Cl)c1.O=C(O)CSc1ccc(Cl)c(Cl)c1. The van der Waals surface area contributed by atoms with E-state index in [2.05, 4.69) is 0 Å². The molecule has 4 aromatic rings. The Morgan fingerprint density at radius 2 is 1.07 bits per heavy atom. The highest BCUT2D eigenvalue weighted by Gasteiger charge is 2.04. The maximum Gasteiger partial charge on any atom is 0.341 e. The molecule has 4 aromatic carbocycles. The fourth-order valence-corrected chi connectivity index (χ4v) is 5.15. The Hall–Kier alpha value is -3.07. The van der Waals surface area contributed by atoms with E-state index in [1.807, 2.05) is 0 Å². The summed E-state index contributed by atoms with van der Waals surface area (Å²) in [6.07, 6.45) is 3.25. The van der Waals surface area contributed by atoms with Crippen molar-refractivity contribution in [2.45, 2.75) is 17.9 Å². The van der Waals surface area contributed by atoms with Gasteiger partial charge < -0.3 is 29.9 Å². The Bertz CT molecular complexity index is 1840. The Labute approximate surface area is 354 Å². The molecule has 0 spiro atoms. The van der Waals surface area contributed by atoms with Crippen LogP contribution in [0.2, 0.25) is 40.2 Å². The van der Waals surface area contributed by atoms with E-state index in [0.29, 0.717) is 45.9 Å². The molecule has 4 rings (SSSR count). The van der Waals surface area contributed by atoms with E-state index >= 15 is 0 Å². The molecule has 0 unspecified atom stereocenters. The third kappa shape index (κ3) is 22.3. The van der Waals surface area contributed by atoms with Gasteiger partial charge in [-0.15, -0.1) is 11.8 Å². The van der Waals surface area contributed by atoms with Gasteiger partial charge in [0.1, 0.15) is 12.4 Å². The van der Waals surface area contributed by atoms with Crippen molar-refractivity contribution in [2.24, 2.45) is 0 Å². The van der Waals surface area contributed by atoms with E-state index in [0.717, 1.165) is 16.0 Å². The summed E-state index contributed by atoms with van der Waals surface area (Å²) >= 11 is 46.9. The highest BCUT2D eigenvalue weighted by molar-refractivity contribution is 8.00. The number of carboxylic acids is 4. The highest BCUT2D eigenvalue weighted by Crippen LogP contribution is 2.28. The Morgan fingerprint density at radius 1 is 0.556 bits per heavy atom. The number of thioether (sulfide) groups is 1. The average molecular weight is 924 g/mol. The number of carboxylic acid groups (broad SMARTS) is 4. The smallest absolute Gasteiger partial charge is 0.341 e. The van der Waals surface area contributed by atoms with Crippen LogP contribution in [0, 0.1) is 0 Å². The summed E-state index contributed by atoms with van der Waals surface area (Å²) in [6.45, 7) is -0.499. The van der Waals surface area contributed by atoms with Crippen LogP contribution in [0.1, 0.15) is 17.5 Å². The fourth-order valence-electron chi connectivity index (χ4n) is 3.22. The summed E-state index contributed by atoms with van der Waals surface area (Å²) in [6, 6.07) is 19.7. The van der Waals surface area contributed by atoms with Crippen LogP contribution >= 0.6 is 105 Å². The van der Waals surface area contributed by atoms with Crippen molar-refractivity contribution < 1.29 is 49.1 Å². The first-order valence-electron chi connectivity index (χ1n) is 14.5. The zero-order valence-electron chi connectivity index (χ0n) is 27.3. The van der Waals surface area contributed by atoms with Crippen molar-refractivity contribution in [3.05, 3.63) is 130 Å². The monoisotopic (exact) mass is 920 g/mol. The van der Waals surface area contributed by atoms with Gasteiger partial charge in [0.05, 0.1) is 59.0 Å². The molecule has 10 nitrogen and oxygen atoms in total. The van der Waals surface area contributed by atoms with Crippen LogP contribution in [0.3, 0.4) is 0 Å². The van der Waals surface area contributed by atoms with Crippen LogP contribution in [-0.4, -0.2) is 63.3 Å². The fraction of sp³-hybridized carbons (Fsp3) is 0.143. The largest absolute Gasteiger partial charge is 0.482 e. The highest BCUT2D eigenvalue weighted by atomic mass is 35.5. The summed E-state index contributed by atoms with van der Waals surface area (Å²) in [5.41, 5.74) is 1.63. The molecule has 0 aromatic heterocycles.